The molecule has 0 heterocycles. The third-order valence-corrected chi connectivity index (χ3v) is 7.53. The third-order valence-electron chi connectivity index (χ3n) is 6.81. The van der Waals surface area contributed by atoms with E-state index < -0.39 is 64.7 Å². The number of halogens is 3. The summed E-state index contributed by atoms with van der Waals surface area (Å²) >= 11 is 0. The molecule has 41 heavy (non-hydrogen) atoms. The van der Waals surface area contributed by atoms with E-state index in [-0.39, 0.29) is 11.1 Å². The average molecular weight is 603 g/mol. The minimum Gasteiger partial charge on any atom is -0.461 e. The van der Waals surface area contributed by atoms with Gasteiger partial charge in [0.1, 0.15) is 24.4 Å². The van der Waals surface area contributed by atoms with E-state index in [9.17, 15) is 36.0 Å². The van der Waals surface area contributed by atoms with Gasteiger partial charge in [-0.2, -0.15) is 21.6 Å². The Labute approximate surface area is 236 Å². The number of hydrogen-bond donors (Lipinski definition) is 1. The number of esters is 3. The van der Waals surface area contributed by atoms with Crippen LogP contribution in [0, 0.1) is 47.0 Å². The summed E-state index contributed by atoms with van der Waals surface area (Å²) < 4.78 is 86.9. The molecule has 0 saturated carbocycles. The lowest BCUT2D eigenvalue weighted by Gasteiger charge is -2.29. The number of carbonyl (C=O) groups is 3. The molecular weight excluding hydrogens is 569 g/mol. The van der Waals surface area contributed by atoms with Gasteiger partial charge in [0.15, 0.2) is 0 Å². The van der Waals surface area contributed by atoms with Gasteiger partial charge in [-0.25, -0.2) is 9.59 Å². The van der Waals surface area contributed by atoms with Gasteiger partial charge in [0.05, 0.1) is 11.1 Å². The van der Waals surface area contributed by atoms with Crippen molar-refractivity contribution < 1.29 is 54.7 Å². The van der Waals surface area contributed by atoms with E-state index in [0.29, 0.717) is 22.3 Å². The van der Waals surface area contributed by atoms with E-state index in [1.807, 2.05) is 0 Å². The van der Waals surface area contributed by atoms with Crippen molar-refractivity contribution in [3.05, 3.63) is 68.8 Å². The van der Waals surface area contributed by atoms with Crippen LogP contribution in [-0.4, -0.2) is 62.1 Å². The summed E-state index contributed by atoms with van der Waals surface area (Å²) in [4.78, 5) is 39.1. The maximum absolute atomic E-state index is 13.5. The molecule has 0 aliphatic rings. The van der Waals surface area contributed by atoms with E-state index in [1.165, 1.54) is 0 Å². The average Bonchev–Trinajstić information content (AvgIpc) is 2.84. The lowest BCUT2D eigenvalue weighted by molar-refractivity contribution is -0.222. The van der Waals surface area contributed by atoms with Crippen molar-refractivity contribution in [3.63, 3.8) is 0 Å². The van der Waals surface area contributed by atoms with Crippen LogP contribution < -0.4 is 0 Å². The number of alkyl halides is 3. The normalized spacial score (nSPS) is 13.0. The Hall–Kier alpha value is -3.45. The lowest BCUT2D eigenvalue weighted by Crippen LogP contribution is -2.46. The quantitative estimate of drug-likeness (QED) is 0.229. The van der Waals surface area contributed by atoms with Crippen molar-refractivity contribution in [2.75, 3.05) is 19.0 Å². The zero-order valence-electron chi connectivity index (χ0n) is 23.8. The second-order valence-corrected chi connectivity index (χ2v) is 11.8. The summed E-state index contributed by atoms with van der Waals surface area (Å²) in [6, 6.07) is 6.90. The van der Waals surface area contributed by atoms with Crippen LogP contribution in [0.5, 0.6) is 0 Å². The van der Waals surface area contributed by atoms with Crippen LogP contribution in [-0.2, 0) is 29.1 Å². The van der Waals surface area contributed by atoms with E-state index >= 15 is 0 Å². The molecule has 1 N–H and O–H groups in total. The monoisotopic (exact) mass is 602 g/mol. The summed E-state index contributed by atoms with van der Waals surface area (Å²) in [5, 5.41) is 0. The predicted molar refractivity (Wildman–Crippen MR) is 142 cm³/mol. The van der Waals surface area contributed by atoms with Crippen molar-refractivity contribution in [2.45, 2.75) is 60.7 Å². The van der Waals surface area contributed by atoms with Crippen LogP contribution >= 0.6 is 0 Å². The first kappa shape index (κ1) is 33.8. The first-order chi connectivity index (χ1) is 18.7. The fourth-order valence-corrected chi connectivity index (χ4v) is 4.58. The summed E-state index contributed by atoms with van der Waals surface area (Å²) in [6.45, 7) is 9.43. The zero-order valence-corrected chi connectivity index (χ0v) is 24.6. The highest BCUT2D eigenvalue weighted by atomic mass is 32.2. The molecule has 226 valence electrons. The number of hydrogen-bond acceptors (Lipinski definition) is 8. The van der Waals surface area contributed by atoms with Crippen molar-refractivity contribution >= 4 is 28.0 Å². The fourth-order valence-electron chi connectivity index (χ4n) is 3.94. The molecule has 0 bridgehead atoms. The number of benzene rings is 2. The zero-order chi connectivity index (χ0) is 31.5. The van der Waals surface area contributed by atoms with Gasteiger partial charge >= 0.3 is 24.1 Å². The SMILES string of the molecule is Cc1ccc(C)c(C(=O)OCC(C)(COC(=O)c2c(C)ccc(C)c2C)C(=O)OC(CS(=O)(=O)O)C(F)(F)F)c1C. The van der Waals surface area contributed by atoms with Gasteiger partial charge in [-0.1, -0.05) is 24.3 Å². The van der Waals surface area contributed by atoms with Crippen LogP contribution in [0.1, 0.15) is 61.0 Å². The van der Waals surface area contributed by atoms with E-state index in [2.05, 4.69) is 4.74 Å². The minimum absolute atomic E-state index is 0.184. The van der Waals surface area contributed by atoms with Gasteiger partial charge in [-0.3, -0.25) is 9.35 Å². The van der Waals surface area contributed by atoms with Crippen molar-refractivity contribution in [3.8, 4) is 0 Å². The van der Waals surface area contributed by atoms with Gasteiger partial charge in [0.2, 0.25) is 6.10 Å². The van der Waals surface area contributed by atoms with Gasteiger partial charge in [-0.05, 0) is 81.8 Å². The van der Waals surface area contributed by atoms with Gasteiger partial charge in [0.25, 0.3) is 10.1 Å². The summed E-state index contributed by atoms with van der Waals surface area (Å²) in [5.74, 6) is -5.39. The van der Waals surface area contributed by atoms with Gasteiger partial charge < -0.3 is 14.2 Å². The number of rotatable bonds is 10. The largest absolute Gasteiger partial charge is 0.461 e. The summed E-state index contributed by atoms with van der Waals surface area (Å²) in [7, 11) is -5.22. The molecule has 0 aromatic heterocycles. The number of carbonyl (C=O) groups excluding carboxylic acids is 3. The molecule has 0 saturated heterocycles. The lowest BCUT2D eigenvalue weighted by atomic mass is 9.92. The second-order valence-electron chi connectivity index (χ2n) is 10.3. The maximum Gasteiger partial charge on any atom is 0.426 e. The minimum atomic E-state index is -5.37. The van der Waals surface area contributed by atoms with Crippen LogP contribution in [0.15, 0.2) is 24.3 Å². The molecule has 0 aliphatic heterocycles. The van der Waals surface area contributed by atoms with Gasteiger partial charge in [0, 0.05) is 0 Å². The predicted octanol–water partition coefficient (Wildman–Crippen LogP) is 4.92. The molecule has 2 aromatic carbocycles. The van der Waals surface area contributed by atoms with Crippen molar-refractivity contribution in [2.24, 2.45) is 5.41 Å². The fraction of sp³-hybridized carbons (Fsp3) is 0.464. The first-order valence-corrected chi connectivity index (χ1v) is 14.0. The molecule has 1 atom stereocenters. The Kier molecular flexibility index (Phi) is 10.4. The molecule has 0 fully saturated rings. The van der Waals surface area contributed by atoms with Crippen LogP contribution in [0.3, 0.4) is 0 Å². The van der Waals surface area contributed by atoms with Crippen molar-refractivity contribution in [1.29, 1.82) is 0 Å². The van der Waals surface area contributed by atoms with Crippen molar-refractivity contribution in [1.82, 2.24) is 0 Å². The van der Waals surface area contributed by atoms with Crippen LogP contribution in [0.25, 0.3) is 0 Å². The molecule has 0 radical (unpaired) electrons. The van der Waals surface area contributed by atoms with Gasteiger partial charge in [-0.15, -0.1) is 0 Å². The molecule has 0 spiro atoms. The standard InChI is InChI=1S/C28H33F3O9S/c1-15-8-10-17(3)22(19(15)5)24(32)38-13-27(7,26(34)40-21(28(29,30)31)12-41(35,36)37)14-39-25(33)23-18(4)11-9-16(2)20(23)6/h8-11,21H,12-14H2,1-7H3,(H,35,36,37). The Bertz CT molecular complexity index is 1370. The number of aryl methyl sites for hydroxylation is 4. The smallest absolute Gasteiger partial charge is 0.426 e. The third kappa shape index (κ3) is 8.52. The molecule has 0 aliphatic carbocycles. The molecule has 13 heteroatoms. The summed E-state index contributed by atoms with van der Waals surface area (Å²) in [6.07, 6.45) is -8.61. The Balaban J connectivity index is 2.42. The highest BCUT2D eigenvalue weighted by molar-refractivity contribution is 7.85. The van der Waals surface area contributed by atoms with E-state index in [1.54, 1.807) is 65.8 Å². The molecule has 0 amide bonds. The molecule has 2 rings (SSSR count). The van der Waals surface area contributed by atoms with Crippen LogP contribution in [0.4, 0.5) is 13.2 Å². The highest BCUT2D eigenvalue weighted by Crippen LogP contribution is 2.30. The first-order valence-electron chi connectivity index (χ1n) is 12.4. The second kappa shape index (κ2) is 12.6. The van der Waals surface area contributed by atoms with Crippen LogP contribution in [0.2, 0.25) is 0 Å². The van der Waals surface area contributed by atoms with E-state index in [4.69, 9.17) is 14.0 Å². The maximum atomic E-state index is 13.5. The Morgan fingerprint density at radius 3 is 1.49 bits per heavy atom. The number of ether oxygens (including phenoxy) is 3. The summed E-state index contributed by atoms with van der Waals surface area (Å²) in [5.41, 5.74) is 1.95. The topological polar surface area (TPSA) is 133 Å². The molecule has 9 nitrogen and oxygen atoms in total. The molecule has 1 unspecified atom stereocenters. The van der Waals surface area contributed by atoms with E-state index in [0.717, 1.165) is 18.1 Å². The molecular formula is C28H33F3O9S. The molecule has 2 aromatic rings. The Morgan fingerprint density at radius 1 is 0.780 bits per heavy atom. The highest BCUT2D eigenvalue weighted by Gasteiger charge is 2.49. The Morgan fingerprint density at radius 2 is 1.15 bits per heavy atom.